The van der Waals surface area contributed by atoms with E-state index in [4.69, 9.17) is 5.11 Å². The number of nitrogens with one attached hydrogen (secondary N) is 2. The standard InChI is InChI=1S/C22H23N.C5H13NO/c1-15-10-19(17-6-4-3-5-7-17)14-20(11-15)18-8-9-22-21(13-18)12-16(2)23-22;1-2-6-4-3-5-7/h6,8-14,23H,3-5,7H2,1-2H3;6-7H,2-5H2,1H3. The molecule has 4 rings (SSSR count). The Balaban J connectivity index is 0.000000318. The normalized spacial score (nSPS) is 13.7. The molecule has 0 aliphatic heterocycles. The number of fused-ring (bicyclic) bond motifs is 1. The fourth-order valence-corrected chi connectivity index (χ4v) is 4.07. The van der Waals surface area contributed by atoms with Crippen LogP contribution in [0.2, 0.25) is 0 Å². The molecular formula is C27H36N2O. The van der Waals surface area contributed by atoms with Gasteiger partial charge >= 0.3 is 0 Å². The Labute approximate surface area is 181 Å². The monoisotopic (exact) mass is 404 g/mol. The molecule has 3 nitrogen and oxygen atoms in total. The first-order valence-electron chi connectivity index (χ1n) is 11.3. The van der Waals surface area contributed by atoms with Gasteiger partial charge < -0.3 is 15.4 Å². The first-order valence-corrected chi connectivity index (χ1v) is 11.3. The Morgan fingerprint density at radius 3 is 2.53 bits per heavy atom. The van der Waals surface area contributed by atoms with Gasteiger partial charge in [-0.15, -0.1) is 0 Å². The summed E-state index contributed by atoms with van der Waals surface area (Å²) in [6, 6.07) is 15.9. The fraction of sp³-hybridized carbons (Fsp3) is 0.407. The molecular weight excluding hydrogens is 368 g/mol. The van der Waals surface area contributed by atoms with Crippen LogP contribution in [0.1, 0.15) is 55.8 Å². The van der Waals surface area contributed by atoms with Gasteiger partial charge in [-0.2, -0.15) is 0 Å². The van der Waals surface area contributed by atoms with Gasteiger partial charge in [-0.25, -0.2) is 0 Å². The summed E-state index contributed by atoms with van der Waals surface area (Å²) in [7, 11) is 0. The quantitative estimate of drug-likeness (QED) is 0.417. The van der Waals surface area contributed by atoms with Gasteiger partial charge in [0.25, 0.3) is 0 Å². The van der Waals surface area contributed by atoms with Crippen molar-refractivity contribution >= 4 is 16.5 Å². The van der Waals surface area contributed by atoms with Crippen molar-refractivity contribution in [2.45, 2.75) is 52.9 Å². The number of aromatic amines is 1. The Bertz CT molecular complexity index is 980. The molecule has 3 N–H and O–H groups in total. The van der Waals surface area contributed by atoms with Crippen molar-refractivity contribution < 1.29 is 5.11 Å². The van der Waals surface area contributed by atoms with Crippen molar-refractivity contribution in [3.63, 3.8) is 0 Å². The molecule has 1 aliphatic rings. The summed E-state index contributed by atoms with van der Waals surface area (Å²) in [6.45, 7) is 8.60. The first-order chi connectivity index (χ1) is 14.6. The molecule has 0 fully saturated rings. The van der Waals surface area contributed by atoms with Crippen molar-refractivity contribution in [2.75, 3.05) is 19.7 Å². The largest absolute Gasteiger partial charge is 0.396 e. The van der Waals surface area contributed by atoms with Crippen molar-refractivity contribution in [1.29, 1.82) is 0 Å². The number of benzene rings is 2. The topological polar surface area (TPSA) is 48.0 Å². The third-order valence-electron chi connectivity index (χ3n) is 5.59. The van der Waals surface area contributed by atoms with Gasteiger partial charge in [0.05, 0.1) is 0 Å². The van der Waals surface area contributed by atoms with E-state index in [1.807, 2.05) is 0 Å². The molecule has 0 saturated carbocycles. The summed E-state index contributed by atoms with van der Waals surface area (Å²) >= 11 is 0. The second kappa shape index (κ2) is 11.1. The number of allylic oxidation sites excluding steroid dienone is 2. The van der Waals surface area contributed by atoms with Gasteiger partial charge in [0.1, 0.15) is 0 Å². The van der Waals surface area contributed by atoms with Crippen LogP contribution < -0.4 is 5.32 Å². The fourth-order valence-electron chi connectivity index (χ4n) is 4.07. The highest BCUT2D eigenvalue weighted by molar-refractivity contribution is 5.86. The van der Waals surface area contributed by atoms with Crippen LogP contribution in [0.15, 0.2) is 48.5 Å². The van der Waals surface area contributed by atoms with Crippen LogP contribution in [-0.4, -0.2) is 29.8 Å². The van der Waals surface area contributed by atoms with Crippen LogP contribution in [0.5, 0.6) is 0 Å². The van der Waals surface area contributed by atoms with E-state index in [0.29, 0.717) is 6.61 Å². The average Bonchev–Trinajstić information content (AvgIpc) is 3.14. The number of rotatable bonds is 6. The highest BCUT2D eigenvalue weighted by atomic mass is 16.3. The number of H-pyrrole nitrogens is 1. The summed E-state index contributed by atoms with van der Waals surface area (Å²) in [4.78, 5) is 3.40. The van der Waals surface area contributed by atoms with Crippen LogP contribution in [0, 0.1) is 13.8 Å². The third-order valence-corrected chi connectivity index (χ3v) is 5.59. The summed E-state index contributed by atoms with van der Waals surface area (Å²) in [6.07, 6.45) is 8.41. The number of aryl methyl sites for hydroxylation is 2. The van der Waals surface area contributed by atoms with Crippen molar-refractivity contribution in [2.24, 2.45) is 0 Å². The third kappa shape index (κ3) is 6.07. The second-order valence-corrected chi connectivity index (χ2v) is 8.25. The van der Waals surface area contributed by atoms with Crippen LogP contribution in [-0.2, 0) is 0 Å². The molecule has 0 radical (unpaired) electrons. The van der Waals surface area contributed by atoms with Gasteiger partial charge in [0.15, 0.2) is 0 Å². The average molecular weight is 405 g/mol. The summed E-state index contributed by atoms with van der Waals surface area (Å²) in [5, 5.41) is 12.6. The molecule has 3 heteroatoms. The molecule has 0 atom stereocenters. The minimum absolute atomic E-state index is 0.299. The predicted octanol–water partition coefficient (Wildman–Crippen LogP) is 6.39. The molecule has 2 aromatic carbocycles. The number of hydrogen-bond donors (Lipinski definition) is 3. The van der Waals surface area contributed by atoms with E-state index in [9.17, 15) is 0 Å². The molecule has 3 aromatic rings. The predicted molar refractivity (Wildman–Crippen MR) is 130 cm³/mol. The van der Waals surface area contributed by atoms with Crippen molar-refractivity contribution in [3.8, 4) is 11.1 Å². The highest BCUT2D eigenvalue weighted by Gasteiger charge is 2.09. The SMILES string of the molecule is CCNCCCO.Cc1cc(C2=CCCCC2)cc(-c2ccc3[nH]c(C)cc3c2)c1. The maximum absolute atomic E-state index is 8.25. The Kier molecular flexibility index (Phi) is 8.30. The molecule has 0 unspecified atom stereocenters. The van der Waals surface area contributed by atoms with Gasteiger partial charge in [-0.3, -0.25) is 0 Å². The van der Waals surface area contributed by atoms with E-state index in [1.54, 1.807) is 0 Å². The minimum Gasteiger partial charge on any atom is -0.396 e. The lowest BCUT2D eigenvalue weighted by Gasteiger charge is -2.15. The van der Waals surface area contributed by atoms with E-state index in [1.165, 1.54) is 70.1 Å². The summed E-state index contributed by atoms with van der Waals surface area (Å²) in [5.41, 5.74) is 9.34. The molecule has 1 aliphatic carbocycles. The van der Waals surface area contributed by atoms with E-state index in [2.05, 4.69) is 79.6 Å². The molecule has 0 bridgehead atoms. The molecule has 1 heterocycles. The van der Waals surface area contributed by atoms with E-state index < -0.39 is 0 Å². The molecule has 0 saturated heterocycles. The molecule has 30 heavy (non-hydrogen) atoms. The summed E-state index contributed by atoms with van der Waals surface area (Å²) in [5.74, 6) is 0. The Hall–Kier alpha value is -2.36. The zero-order chi connectivity index (χ0) is 21.3. The Morgan fingerprint density at radius 2 is 1.80 bits per heavy atom. The van der Waals surface area contributed by atoms with Gasteiger partial charge in [0.2, 0.25) is 0 Å². The number of aliphatic hydroxyl groups is 1. The van der Waals surface area contributed by atoms with Crippen molar-refractivity contribution in [1.82, 2.24) is 10.3 Å². The lowest BCUT2D eigenvalue weighted by atomic mass is 9.90. The minimum atomic E-state index is 0.299. The number of hydrogen-bond acceptors (Lipinski definition) is 2. The zero-order valence-electron chi connectivity index (χ0n) is 18.7. The second-order valence-electron chi connectivity index (χ2n) is 8.25. The molecule has 0 spiro atoms. The van der Waals surface area contributed by atoms with Crippen LogP contribution >= 0.6 is 0 Å². The zero-order valence-corrected chi connectivity index (χ0v) is 18.7. The van der Waals surface area contributed by atoms with Crippen LogP contribution in [0.25, 0.3) is 27.6 Å². The van der Waals surface area contributed by atoms with Gasteiger partial charge in [0, 0.05) is 23.2 Å². The molecule has 160 valence electrons. The first kappa shape index (κ1) is 22.3. The molecule has 0 amide bonds. The number of aliphatic hydroxyl groups excluding tert-OH is 1. The number of aromatic nitrogens is 1. The van der Waals surface area contributed by atoms with E-state index in [0.717, 1.165) is 19.5 Å². The highest BCUT2D eigenvalue weighted by Crippen LogP contribution is 2.32. The van der Waals surface area contributed by atoms with E-state index in [-0.39, 0.29) is 0 Å². The summed E-state index contributed by atoms with van der Waals surface area (Å²) < 4.78 is 0. The van der Waals surface area contributed by atoms with Crippen LogP contribution in [0.4, 0.5) is 0 Å². The van der Waals surface area contributed by atoms with E-state index >= 15 is 0 Å². The Morgan fingerprint density at radius 1 is 0.967 bits per heavy atom. The van der Waals surface area contributed by atoms with Gasteiger partial charge in [-0.1, -0.05) is 31.2 Å². The smallest absolute Gasteiger partial charge is 0.0456 e. The maximum atomic E-state index is 8.25. The maximum Gasteiger partial charge on any atom is 0.0456 e. The molecule has 1 aromatic heterocycles. The lowest BCUT2D eigenvalue weighted by Crippen LogP contribution is -2.14. The van der Waals surface area contributed by atoms with Crippen molar-refractivity contribution in [3.05, 3.63) is 65.4 Å². The lowest BCUT2D eigenvalue weighted by molar-refractivity contribution is 0.286. The van der Waals surface area contributed by atoms with Gasteiger partial charge in [-0.05, 0) is 111 Å². The van der Waals surface area contributed by atoms with Crippen LogP contribution in [0.3, 0.4) is 0 Å².